The first-order valence-corrected chi connectivity index (χ1v) is 5.95. The molecule has 1 aliphatic rings. The fourth-order valence-corrected chi connectivity index (χ4v) is 2.02. The molecule has 1 aromatic rings. The lowest BCUT2D eigenvalue weighted by Gasteiger charge is -2.32. The largest absolute Gasteiger partial charge is 0.422 e. The van der Waals surface area contributed by atoms with Crippen LogP contribution in [0.25, 0.3) is 0 Å². The summed E-state index contributed by atoms with van der Waals surface area (Å²) < 4.78 is 10.1. The van der Waals surface area contributed by atoms with E-state index in [0.717, 1.165) is 5.56 Å². The second-order valence-corrected chi connectivity index (χ2v) is 5.07. The number of carbonyl (C=O) groups excluding carboxylic acids is 2. The molecular weight excluding hydrogens is 256 g/mol. The molecule has 0 aliphatic carbocycles. The second-order valence-electron chi connectivity index (χ2n) is 4.63. The standard InChI is InChI=1S/C13H13ClO4/c1-13(2)17-11(15)10(12(16)18-13)7-8-4-3-5-9(14)6-8/h3-6,10H,7H2,1-2H3. The average molecular weight is 269 g/mol. The summed E-state index contributed by atoms with van der Waals surface area (Å²) in [6, 6.07) is 7.00. The molecule has 1 heterocycles. The van der Waals surface area contributed by atoms with Crippen LogP contribution in [-0.4, -0.2) is 17.7 Å². The van der Waals surface area contributed by atoms with Crippen molar-refractivity contribution in [2.75, 3.05) is 0 Å². The highest BCUT2D eigenvalue weighted by Gasteiger charge is 2.42. The van der Waals surface area contributed by atoms with Crippen LogP contribution in [0, 0.1) is 5.92 Å². The molecule has 0 N–H and O–H groups in total. The minimum atomic E-state index is -1.18. The average Bonchev–Trinajstić information content (AvgIpc) is 2.22. The zero-order valence-corrected chi connectivity index (χ0v) is 10.9. The van der Waals surface area contributed by atoms with Gasteiger partial charge in [0.25, 0.3) is 5.79 Å². The van der Waals surface area contributed by atoms with Gasteiger partial charge in [0.1, 0.15) is 0 Å². The quantitative estimate of drug-likeness (QED) is 0.610. The van der Waals surface area contributed by atoms with E-state index in [1.165, 1.54) is 13.8 Å². The molecule has 0 unspecified atom stereocenters. The van der Waals surface area contributed by atoms with E-state index in [1.807, 2.05) is 0 Å². The summed E-state index contributed by atoms with van der Waals surface area (Å²) in [5.41, 5.74) is 0.793. The maximum Gasteiger partial charge on any atom is 0.323 e. The molecule has 0 amide bonds. The normalized spacial score (nSPS) is 19.3. The molecule has 1 aliphatic heterocycles. The third-order valence-corrected chi connectivity index (χ3v) is 2.83. The number of esters is 2. The van der Waals surface area contributed by atoms with Gasteiger partial charge in [-0.1, -0.05) is 23.7 Å². The third kappa shape index (κ3) is 2.82. The van der Waals surface area contributed by atoms with Crippen LogP contribution in [0.15, 0.2) is 24.3 Å². The van der Waals surface area contributed by atoms with Crippen molar-refractivity contribution in [2.45, 2.75) is 26.1 Å². The molecule has 4 nitrogen and oxygen atoms in total. The number of cyclic esters (lactones) is 2. The molecule has 0 aromatic heterocycles. The van der Waals surface area contributed by atoms with Crippen LogP contribution >= 0.6 is 11.6 Å². The van der Waals surface area contributed by atoms with Crippen LogP contribution in [0.1, 0.15) is 19.4 Å². The lowest BCUT2D eigenvalue weighted by atomic mass is 9.98. The Kier molecular flexibility index (Phi) is 3.30. The number of rotatable bonds is 2. The van der Waals surface area contributed by atoms with E-state index < -0.39 is 23.6 Å². The maximum atomic E-state index is 11.8. The molecule has 1 fully saturated rings. The summed E-state index contributed by atoms with van der Waals surface area (Å²) in [5.74, 6) is -3.22. The predicted molar refractivity (Wildman–Crippen MR) is 64.9 cm³/mol. The zero-order valence-electron chi connectivity index (χ0n) is 10.1. The Bertz CT molecular complexity index is 476. The Balaban J connectivity index is 2.15. The lowest BCUT2D eigenvalue weighted by molar-refractivity contribution is -0.239. The van der Waals surface area contributed by atoms with Crippen LogP contribution in [0.4, 0.5) is 0 Å². The van der Waals surface area contributed by atoms with E-state index in [0.29, 0.717) is 5.02 Å². The monoisotopic (exact) mass is 268 g/mol. The van der Waals surface area contributed by atoms with E-state index in [-0.39, 0.29) is 6.42 Å². The van der Waals surface area contributed by atoms with Gasteiger partial charge in [-0.3, -0.25) is 9.59 Å². The first-order chi connectivity index (χ1) is 8.37. The van der Waals surface area contributed by atoms with E-state index in [9.17, 15) is 9.59 Å². The van der Waals surface area contributed by atoms with Gasteiger partial charge in [-0.05, 0) is 24.1 Å². The fourth-order valence-electron chi connectivity index (χ4n) is 1.81. The number of ether oxygens (including phenoxy) is 2. The van der Waals surface area contributed by atoms with Gasteiger partial charge in [-0.25, -0.2) is 0 Å². The molecule has 0 radical (unpaired) electrons. The van der Waals surface area contributed by atoms with Gasteiger partial charge >= 0.3 is 11.9 Å². The van der Waals surface area contributed by atoms with Crippen molar-refractivity contribution in [2.24, 2.45) is 5.92 Å². The number of carbonyl (C=O) groups is 2. The molecule has 0 saturated carbocycles. The molecule has 2 rings (SSSR count). The van der Waals surface area contributed by atoms with Crippen molar-refractivity contribution < 1.29 is 19.1 Å². The highest BCUT2D eigenvalue weighted by molar-refractivity contribution is 6.30. The van der Waals surface area contributed by atoms with Gasteiger partial charge < -0.3 is 9.47 Å². The van der Waals surface area contributed by atoms with Crippen molar-refractivity contribution in [3.05, 3.63) is 34.9 Å². The van der Waals surface area contributed by atoms with Crippen molar-refractivity contribution in [3.63, 3.8) is 0 Å². The van der Waals surface area contributed by atoms with Crippen LogP contribution in [-0.2, 0) is 25.5 Å². The summed E-state index contributed by atoms with van der Waals surface area (Å²) >= 11 is 5.85. The number of halogens is 1. The molecule has 0 atom stereocenters. The highest BCUT2D eigenvalue weighted by atomic mass is 35.5. The van der Waals surface area contributed by atoms with Gasteiger partial charge in [0.05, 0.1) is 0 Å². The first-order valence-electron chi connectivity index (χ1n) is 5.57. The molecule has 18 heavy (non-hydrogen) atoms. The summed E-state index contributed by atoms with van der Waals surface area (Å²) in [5, 5.41) is 0.561. The van der Waals surface area contributed by atoms with Crippen LogP contribution in [0.3, 0.4) is 0 Å². The number of benzene rings is 1. The van der Waals surface area contributed by atoms with Gasteiger partial charge in [0.15, 0.2) is 5.92 Å². The Morgan fingerprint density at radius 2 is 1.83 bits per heavy atom. The van der Waals surface area contributed by atoms with Crippen LogP contribution in [0.2, 0.25) is 5.02 Å². The highest BCUT2D eigenvalue weighted by Crippen LogP contribution is 2.26. The van der Waals surface area contributed by atoms with E-state index >= 15 is 0 Å². The SMILES string of the molecule is CC1(C)OC(=O)C(Cc2cccc(Cl)c2)C(=O)O1. The molecule has 0 spiro atoms. The van der Waals surface area contributed by atoms with E-state index in [1.54, 1.807) is 24.3 Å². The summed E-state index contributed by atoms with van der Waals surface area (Å²) in [4.78, 5) is 23.5. The molecular formula is C13H13ClO4. The minimum Gasteiger partial charge on any atom is -0.422 e. The van der Waals surface area contributed by atoms with Gasteiger partial charge in [0.2, 0.25) is 0 Å². The van der Waals surface area contributed by atoms with Crippen LogP contribution in [0.5, 0.6) is 0 Å². The number of hydrogen-bond acceptors (Lipinski definition) is 4. The number of hydrogen-bond donors (Lipinski definition) is 0. The predicted octanol–water partition coefficient (Wildman–Crippen LogP) is 2.33. The second kappa shape index (κ2) is 4.61. The Morgan fingerprint density at radius 1 is 1.22 bits per heavy atom. The molecule has 1 saturated heterocycles. The fraction of sp³-hybridized carbons (Fsp3) is 0.385. The van der Waals surface area contributed by atoms with Crippen molar-refractivity contribution in [1.82, 2.24) is 0 Å². The summed E-state index contributed by atoms with van der Waals surface area (Å²) in [6.45, 7) is 3.05. The summed E-state index contributed by atoms with van der Waals surface area (Å²) in [7, 11) is 0. The van der Waals surface area contributed by atoms with E-state index in [4.69, 9.17) is 21.1 Å². The van der Waals surface area contributed by atoms with E-state index in [2.05, 4.69) is 0 Å². The van der Waals surface area contributed by atoms with Crippen molar-refractivity contribution in [3.8, 4) is 0 Å². The van der Waals surface area contributed by atoms with Crippen molar-refractivity contribution in [1.29, 1.82) is 0 Å². The van der Waals surface area contributed by atoms with Gasteiger partial charge in [-0.2, -0.15) is 0 Å². The molecule has 1 aromatic carbocycles. The van der Waals surface area contributed by atoms with Crippen LogP contribution < -0.4 is 0 Å². The zero-order chi connectivity index (χ0) is 13.3. The van der Waals surface area contributed by atoms with Gasteiger partial charge in [-0.15, -0.1) is 0 Å². The molecule has 5 heteroatoms. The Hall–Kier alpha value is -1.55. The Morgan fingerprint density at radius 3 is 2.39 bits per heavy atom. The summed E-state index contributed by atoms with van der Waals surface area (Å²) in [6.07, 6.45) is 0.230. The maximum absolute atomic E-state index is 11.8. The Labute approximate surface area is 110 Å². The minimum absolute atomic E-state index is 0.230. The first kappa shape index (κ1) is 12.9. The third-order valence-electron chi connectivity index (χ3n) is 2.59. The smallest absolute Gasteiger partial charge is 0.323 e. The lowest BCUT2D eigenvalue weighted by Crippen LogP contribution is -2.46. The van der Waals surface area contributed by atoms with Gasteiger partial charge in [0, 0.05) is 18.9 Å². The molecule has 0 bridgehead atoms. The topological polar surface area (TPSA) is 52.6 Å². The van der Waals surface area contributed by atoms with Crippen molar-refractivity contribution >= 4 is 23.5 Å². The molecule has 96 valence electrons.